The Morgan fingerprint density at radius 2 is 1.81 bits per heavy atom. The molecular weight excluding hydrogens is 341 g/mol. The normalized spacial score (nSPS) is 26.1. The van der Waals surface area contributed by atoms with Crippen LogP contribution in [0, 0.1) is 5.92 Å². The molecule has 150 valence electrons. The third kappa shape index (κ3) is 5.05. The lowest BCUT2D eigenvalue weighted by atomic mass is 9.79. The van der Waals surface area contributed by atoms with Crippen LogP contribution in [0.3, 0.4) is 0 Å². The molecule has 0 spiro atoms. The number of aliphatic hydroxyl groups excluding tert-OH is 1. The molecule has 1 aromatic carbocycles. The maximum atomic E-state index is 10.3. The number of hydrogen-bond acceptors (Lipinski definition) is 5. The van der Waals surface area contributed by atoms with Crippen LogP contribution >= 0.6 is 0 Å². The van der Waals surface area contributed by atoms with E-state index in [0.29, 0.717) is 13.2 Å². The predicted octanol–water partition coefficient (Wildman–Crippen LogP) is 2.46. The van der Waals surface area contributed by atoms with E-state index in [4.69, 9.17) is 14.0 Å². The van der Waals surface area contributed by atoms with Crippen molar-refractivity contribution >= 4 is 12.6 Å². The van der Waals surface area contributed by atoms with E-state index in [1.54, 1.807) is 0 Å². The number of benzene rings is 1. The molecule has 0 bridgehead atoms. The van der Waals surface area contributed by atoms with Crippen LogP contribution in [0.4, 0.5) is 0 Å². The Hall–Kier alpha value is -1.08. The van der Waals surface area contributed by atoms with E-state index >= 15 is 0 Å². The Labute approximate surface area is 164 Å². The van der Waals surface area contributed by atoms with Crippen molar-refractivity contribution in [1.29, 1.82) is 0 Å². The molecular formula is C21H34BNO4. The van der Waals surface area contributed by atoms with Gasteiger partial charge in [-0.15, -0.1) is 0 Å². The molecule has 0 aromatic heterocycles. The number of hydrogen-bond donors (Lipinski definition) is 1. The number of rotatable bonds is 6. The van der Waals surface area contributed by atoms with Crippen molar-refractivity contribution < 1.29 is 19.2 Å². The lowest BCUT2D eigenvalue weighted by molar-refractivity contribution is 0.00578. The lowest BCUT2D eigenvalue weighted by Gasteiger charge is -2.32. The van der Waals surface area contributed by atoms with Gasteiger partial charge in [0.05, 0.1) is 11.2 Å². The fourth-order valence-corrected chi connectivity index (χ4v) is 3.70. The quantitative estimate of drug-likeness (QED) is 0.775. The average molecular weight is 375 g/mol. The maximum absolute atomic E-state index is 10.3. The van der Waals surface area contributed by atoms with E-state index in [9.17, 15) is 5.11 Å². The molecule has 2 saturated heterocycles. The molecule has 0 saturated carbocycles. The summed E-state index contributed by atoms with van der Waals surface area (Å²) in [6.45, 7) is 13.6. The molecule has 27 heavy (non-hydrogen) atoms. The third-order valence-corrected chi connectivity index (χ3v) is 6.06. The van der Waals surface area contributed by atoms with E-state index in [2.05, 4.69) is 39.5 Å². The smallest absolute Gasteiger partial charge is 0.491 e. The first kappa shape index (κ1) is 20.7. The van der Waals surface area contributed by atoms with Gasteiger partial charge in [0.15, 0.2) is 0 Å². The second-order valence-electron chi connectivity index (χ2n) is 9.13. The summed E-state index contributed by atoms with van der Waals surface area (Å²) in [5.74, 6) is 1.47. The first-order valence-electron chi connectivity index (χ1n) is 10.1. The Bertz CT molecular complexity index is 603. The van der Waals surface area contributed by atoms with Crippen molar-refractivity contribution in [3.8, 4) is 5.75 Å². The average Bonchev–Trinajstić information content (AvgIpc) is 2.81. The second kappa shape index (κ2) is 8.12. The summed E-state index contributed by atoms with van der Waals surface area (Å²) in [5, 5.41) is 10.3. The van der Waals surface area contributed by atoms with Crippen LogP contribution in [0.1, 0.15) is 47.5 Å². The summed E-state index contributed by atoms with van der Waals surface area (Å²) in [4.78, 5) is 2.34. The first-order chi connectivity index (χ1) is 12.7. The molecule has 2 heterocycles. The van der Waals surface area contributed by atoms with E-state index in [1.807, 2.05) is 24.3 Å². The van der Waals surface area contributed by atoms with Gasteiger partial charge in [0.25, 0.3) is 0 Å². The predicted molar refractivity (Wildman–Crippen MR) is 108 cm³/mol. The molecule has 0 radical (unpaired) electrons. The summed E-state index contributed by atoms with van der Waals surface area (Å²) >= 11 is 0. The molecule has 0 amide bonds. The summed E-state index contributed by atoms with van der Waals surface area (Å²) < 4.78 is 17.9. The number of ether oxygens (including phenoxy) is 1. The Morgan fingerprint density at radius 3 is 2.41 bits per heavy atom. The minimum Gasteiger partial charge on any atom is -0.491 e. The van der Waals surface area contributed by atoms with Crippen LogP contribution in [-0.2, 0) is 9.31 Å². The standard InChI is InChI=1S/C21H34BNO4/c1-16-7-6-12-23(13-16)14-18(24)15-25-19-10-8-17(9-11-19)22-26-20(2,3)21(4,5)27-22/h8-11,16,18,24H,6-7,12-15H2,1-5H3. The van der Waals surface area contributed by atoms with Gasteiger partial charge in [-0.05, 0) is 70.6 Å². The van der Waals surface area contributed by atoms with Gasteiger partial charge in [-0.3, -0.25) is 0 Å². The van der Waals surface area contributed by atoms with Gasteiger partial charge in [-0.25, -0.2) is 0 Å². The van der Waals surface area contributed by atoms with E-state index in [-0.39, 0.29) is 18.3 Å². The summed E-state index contributed by atoms with van der Waals surface area (Å²) in [6, 6.07) is 7.76. The van der Waals surface area contributed by atoms with Crippen molar-refractivity contribution in [3.05, 3.63) is 24.3 Å². The topological polar surface area (TPSA) is 51.2 Å². The minimum atomic E-state index is -0.474. The van der Waals surface area contributed by atoms with Crippen molar-refractivity contribution in [3.63, 3.8) is 0 Å². The number of piperidine rings is 1. The van der Waals surface area contributed by atoms with Crippen molar-refractivity contribution in [2.45, 2.75) is 64.8 Å². The zero-order valence-electron chi connectivity index (χ0n) is 17.4. The minimum absolute atomic E-state index is 0.306. The summed E-state index contributed by atoms with van der Waals surface area (Å²) in [7, 11) is -0.365. The van der Waals surface area contributed by atoms with Crippen LogP contribution < -0.4 is 10.2 Å². The van der Waals surface area contributed by atoms with Gasteiger partial charge in [-0.1, -0.05) is 19.1 Å². The fraction of sp³-hybridized carbons (Fsp3) is 0.714. The highest BCUT2D eigenvalue weighted by Crippen LogP contribution is 2.36. The fourth-order valence-electron chi connectivity index (χ4n) is 3.70. The number of nitrogens with zero attached hydrogens (tertiary/aromatic N) is 1. The van der Waals surface area contributed by atoms with E-state index in [1.165, 1.54) is 12.8 Å². The lowest BCUT2D eigenvalue weighted by Crippen LogP contribution is -2.41. The molecule has 5 nitrogen and oxygen atoms in total. The molecule has 6 heteroatoms. The maximum Gasteiger partial charge on any atom is 0.494 e. The zero-order valence-corrected chi connectivity index (χ0v) is 17.4. The molecule has 1 aromatic rings. The highest BCUT2D eigenvalue weighted by atomic mass is 16.7. The molecule has 2 unspecified atom stereocenters. The third-order valence-electron chi connectivity index (χ3n) is 6.06. The van der Waals surface area contributed by atoms with Crippen LogP contribution in [0.2, 0.25) is 0 Å². The molecule has 0 aliphatic carbocycles. The summed E-state index contributed by atoms with van der Waals surface area (Å²) in [5.41, 5.74) is 0.287. The Balaban J connectivity index is 1.48. The van der Waals surface area contributed by atoms with Gasteiger partial charge in [0.1, 0.15) is 18.5 Å². The Kier molecular flexibility index (Phi) is 6.21. The van der Waals surface area contributed by atoms with Gasteiger partial charge in [-0.2, -0.15) is 0 Å². The van der Waals surface area contributed by atoms with Crippen LogP contribution in [0.5, 0.6) is 5.75 Å². The van der Waals surface area contributed by atoms with E-state index < -0.39 is 6.10 Å². The van der Waals surface area contributed by atoms with Crippen molar-refractivity contribution in [2.75, 3.05) is 26.2 Å². The SMILES string of the molecule is CC1CCCN(CC(O)COc2ccc(B3OC(C)(C)C(C)(C)O3)cc2)C1. The molecule has 2 fully saturated rings. The molecule has 2 aliphatic heterocycles. The Morgan fingerprint density at radius 1 is 1.19 bits per heavy atom. The first-order valence-corrected chi connectivity index (χ1v) is 10.1. The van der Waals surface area contributed by atoms with Crippen molar-refractivity contribution in [1.82, 2.24) is 4.90 Å². The molecule has 3 rings (SSSR count). The molecule has 2 atom stereocenters. The van der Waals surface area contributed by atoms with Gasteiger partial charge >= 0.3 is 7.12 Å². The van der Waals surface area contributed by atoms with Gasteiger partial charge < -0.3 is 24.1 Å². The number of likely N-dealkylation sites (tertiary alicyclic amines) is 1. The largest absolute Gasteiger partial charge is 0.494 e. The second-order valence-corrected chi connectivity index (χ2v) is 9.13. The highest BCUT2D eigenvalue weighted by Gasteiger charge is 2.51. The van der Waals surface area contributed by atoms with Gasteiger partial charge in [0.2, 0.25) is 0 Å². The molecule has 2 aliphatic rings. The van der Waals surface area contributed by atoms with Gasteiger partial charge in [0, 0.05) is 13.1 Å². The van der Waals surface area contributed by atoms with Crippen LogP contribution in [-0.4, -0.2) is 60.7 Å². The number of β-amino-alcohol motifs (C(OH)–C–C–N with tert-alkyl or cyclic N) is 1. The van der Waals surface area contributed by atoms with Crippen molar-refractivity contribution in [2.24, 2.45) is 5.92 Å². The highest BCUT2D eigenvalue weighted by molar-refractivity contribution is 6.62. The monoisotopic (exact) mass is 375 g/mol. The summed E-state index contributed by atoms with van der Waals surface area (Å²) in [6.07, 6.45) is 2.03. The van der Waals surface area contributed by atoms with Crippen LogP contribution in [0.25, 0.3) is 0 Å². The molecule has 1 N–H and O–H groups in total. The zero-order chi connectivity index (χ0) is 19.7. The van der Waals surface area contributed by atoms with E-state index in [0.717, 1.165) is 30.2 Å². The number of aliphatic hydroxyl groups is 1. The van der Waals surface area contributed by atoms with Crippen LogP contribution in [0.15, 0.2) is 24.3 Å².